The van der Waals surface area contributed by atoms with Crippen molar-refractivity contribution in [3.05, 3.63) is 47.8 Å². The Labute approximate surface area is 228 Å². The maximum Gasteiger partial charge on any atom is 0.426 e. The number of carbonyl (C=O) groups excluding carboxylic acids is 1. The number of carboxylic acids is 1. The van der Waals surface area contributed by atoms with Gasteiger partial charge in [0.1, 0.15) is 11.9 Å². The number of anilines is 1. The van der Waals surface area contributed by atoms with Crippen LogP contribution in [0.1, 0.15) is 39.2 Å². The molecule has 0 fully saturated rings. The number of carboxylic acid groups (broad SMARTS) is 1. The molecule has 40 heavy (non-hydrogen) atoms. The number of methoxy groups -OCH3 is 1. The first-order chi connectivity index (χ1) is 18.4. The van der Waals surface area contributed by atoms with Crippen LogP contribution in [0.25, 0.3) is 0 Å². The second kappa shape index (κ2) is 11.5. The van der Waals surface area contributed by atoms with Gasteiger partial charge in [-0.3, -0.25) is 13.9 Å². The maximum atomic E-state index is 14.0. The van der Waals surface area contributed by atoms with Crippen LogP contribution in [-0.2, 0) is 30.8 Å². The zero-order valence-electron chi connectivity index (χ0n) is 22.1. The van der Waals surface area contributed by atoms with E-state index >= 15 is 0 Å². The predicted molar refractivity (Wildman–Crippen MR) is 134 cm³/mol. The number of rotatable bonds is 9. The Morgan fingerprint density at radius 1 is 1.15 bits per heavy atom. The minimum atomic E-state index is -4.80. The summed E-state index contributed by atoms with van der Waals surface area (Å²) in [5.74, 6) is -3.37. The molecule has 2 aromatic rings. The van der Waals surface area contributed by atoms with Gasteiger partial charge in [0.15, 0.2) is 11.6 Å². The number of alkyl halides is 3. The molecule has 3 rings (SSSR count). The first-order valence-corrected chi connectivity index (χ1v) is 13.5. The molecule has 2 atom stereocenters. The number of fused-ring (bicyclic) bond motifs is 1. The van der Waals surface area contributed by atoms with Crippen molar-refractivity contribution >= 4 is 27.6 Å². The second-order valence-corrected chi connectivity index (χ2v) is 12.1. The van der Waals surface area contributed by atoms with Gasteiger partial charge in [-0.15, -0.1) is 0 Å². The van der Waals surface area contributed by atoms with Crippen LogP contribution in [0, 0.1) is 11.2 Å². The van der Waals surface area contributed by atoms with Gasteiger partial charge in [0.25, 0.3) is 10.0 Å². The van der Waals surface area contributed by atoms with Crippen molar-refractivity contribution in [2.75, 3.05) is 18.0 Å². The topological polar surface area (TPSA) is 119 Å². The standard InChI is InChI=1S/C26H29F4NO8S/c1-25(2,3)24(26(28,29)30)39-23(34)12-15-5-9-20-19(11-15)31(14-16(38-20)6-10-22(32)33)40(35,36)17-7-8-18(27)21(13-17)37-4/h5,7-9,11,13,16,24H,6,10,12,14H2,1-4H3,(H,32,33)/t16-,24-/m0/s1. The fourth-order valence-corrected chi connectivity index (χ4v) is 5.65. The Morgan fingerprint density at radius 2 is 1.82 bits per heavy atom. The SMILES string of the molecule is COc1cc(S(=O)(=O)N2C[C@H](CCC(=O)O)Oc3ccc(CC(=O)O[C@@H](C(C)(C)C)C(F)(F)F)cc32)ccc1F. The van der Waals surface area contributed by atoms with Crippen molar-refractivity contribution in [2.45, 2.75) is 63.3 Å². The predicted octanol–water partition coefficient (Wildman–Crippen LogP) is 4.72. The van der Waals surface area contributed by atoms with Gasteiger partial charge in [-0.05, 0) is 36.2 Å². The zero-order valence-corrected chi connectivity index (χ0v) is 22.9. The molecule has 9 nitrogen and oxygen atoms in total. The van der Waals surface area contributed by atoms with Gasteiger partial charge in [0, 0.05) is 17.9 Å². The number of halogens is 4. The van der Waals surface area contributed by atoms with Crippen LogP contribution in [0.5, 0.6) is 11.5 Å². The third-order valence-electron chi connectivity index (χ3n) is 6.03. The molecule has 0 saturated carbocycles. The maximum absolute atomic E-state index is 14.0. The number of hydrogen-bond acceptors (Lipinski definition) is 7. The van der Waals surface area contributed by atoms with Gasteiger partial charge in [-0.2, -0.15) is 13.2 Å². The highest BCUT2D eigenvalue weighted by Gasteiger charge is 2.50. The van der Waals surface area contributed by atoms with E-state index in [0.717, 1.165) is 29.6 Å². The van der Waals surface area contributed by atoms with Crippen LogP contribution in [0.15, 0.2) is 41.3 Å². The molecule has 2 aromatic carbocycles. The Balaban J connectivity index is 1.98. The highest BCUT2D eigenvalue weighted by Crippen LogP contribution is 2.40. The minimum Gasteiger partial charge on any atom is -0.494 e. The van der Waals surface area contributed by atoms with Crippen molar-refractivity contribution in [2.24, 2.45) is 5.41 Å². The number of nitrogens with zero attached hydrogens (tertiary/aromatic N) is 1. The van der Waals surface area contributed by atoms with E-state index in [0.29, 0.717) is 0 Å². The first kappa shape index (κ1) is 31.0. The molecule has 1 aliphatic heterocycles. The van der Waals surface area contributed by atoms with Crippen molar-refractivity contribution < 1.29 is 54.9 Å². The van der Waals surface area contributed by atoms with Gasteiger partial charge in [-0.25, -0.2) is 12.8 Å². The van der Waals surface area contributed by atoms with E-state index in [1.54, 1.807) is 0 Å². The molecule has 1 aliphatic rings. The van der Waals surface area contributed by atoms with Crippen molar-refractivity contribution in [3.8, 4) is 11.5 Å². The van der Waals surface area contributed by atoms with E-state index in [4.69, 9.17) is 19.3 Å². The molecule has 14 heteroatoms. The number of benzene rings is 2. The zero-order chi connectivity index (χ0) is 30.0. The lowest BCUT2D eigenvalue weighted by Crippen LogP contribution is -2.44. The molecule has 0 saturated heterocycles. The molecule has 0 aromatic heterocycles. The largest absolute Gasteiger partial charge is 0.494 e. The fraction of sp³-hybridized carbons (Fsp3) is 0.462. The van der Waals surface area contributed by atoms with Gasteiger partial charge in [0.2, 0.25) is 6.10 Å². The number of sulfonamides is 1. The highest BCUT2D eigenvalue weighted by atomic mass is 32.2. The van der Waals surface area contributed by atoms with Crippen LogP contribution in [0.4, 0.5) is 23.2 Å². The smallest absolute Gasteiger partial charge is 0.426 e. The average Bonchev–Trinajstić information content (AvgIpc) is 2.84. The lowest BCUT2D eigenvalue weighted by atomic mass is 9.88. The second-order valence-electron chi connectivity index (χ2n) is 10.3. The lowest BCUT2D eigenvalue weighted by molar-refractivity contribution is -0.244. The summed E-state index contributed by atoms with van der Waals surface area (Å²) in [6, 6.07) is 6.89. The Hall–Kier alpha value is -3.55. The van der Waals surface area contributed by atoms with E-state index in [2.05, 4.69) is 0 Å². The number of ether oxygens (including phenoxy) is 3. The molecule has 0 bridgehead atoms. The molecule has 0 aliphatic carbocycles. The van der Waals surface area contributed by atoms with Crippen LogP contribution in [-0.4, -0.2) is 57.5 Å². The molecular formula is C26H29F4NO8S. The van der Waals surface area contributed by atoms with E-state index < -0.39 is 58.0 Å². The van der Waals surface area contributed by atoms with E-state index in [-0.39, 0.29) is 47.0 Å². The molecule has 0 unspecified atom stereocenters. The summed E-state index contributed by atoms with van der Waals surface area (Å²) >= 11 is 0. The number of hydrogen-bond donors (Lipinski definition) is 1. The minimum absolute atomic E-state index is 0.0345. The van der Waals surface area contributed by atoms with Crippen LogP contribution < -0.4 is 13.8 Å². The normalized spacial score (nSPS) is 16.5. The summed E-state index contributed by atoms with van der Waals surface area (Å²) in [6.07, 6.45) is -8.98. The van der Waals surface area contributed by atoms with E-state index in [1.165, 1.54) is 39.0 Å². The van der Waals surface area contributed by atoms with Gasteiger partial charge < -0.3 is 19.3 Å². The van der Waals surface area contributed by atoms with Crippen LogP contribution >= 0.6 is 0 Å². The number of esters is 1. The first-order valence-electron chi connectivity index (χ1n) is 12.1. The molecular weight excluding hydrogens is 562 g/mol. The Morgan fingerprint density at radius 3 is 2.40 bits per heavy atom. The quantitative estimate of drug-likeness (QED) is 0.329. The number of aliphatic carboxylic acids is 1. The van der Waals surface area contributed by atoms with E-state index in [9.17, 15) is 35.6 Å². The molecule has 0 amide bonds. The molecule has 220 valence electrons. The van der Waals surface area contributed by atoms with Crippen LogP contribution in [0.2, 0.25) is 0 Å². The fourth-order valence-electron chi connectivity index (χ4n) is 4.13. The Kier molecular flexibility index (Phi) is 8.92. The lowest BCUT2D eigenvalue weighted by Gasteiger charge is -2.36. The van der Waals surface area contributed by atoms with E-state index in [1.807, 2.05) is 0 Å². The summed E-state index contributed by atoms with van der Waals surface area (Å²) in [6.45, 7) is 3.52. The highest BCUT2D eigenvalue weighted by molar-refractivity contribution is 7.92. The molecule has 1 N–H and O–H groups in total. The van der Waals surface area contributed by atoms with Crippen molar-refractivity contribution in [3.63, 3.8) is 0 Å². The summed E-state index contributed by atoms with van der Waals surface area (Å²) in [7, 11) is -3.24. The summed E-state index contributed by atoms with van der Waals surface area (Å²) < 4.78 is 98.1. The van der Waals surface area contributed by atoms with Crippen molar-refractivity contribution in [1.29, 1.82) is 0 Å². The molecule has 0 radical (unpaired) electrons. The van der Waals surface area contributed by atoms with Gasteiger partial charge in [0.05, 0.1) is 30.7 Å². The average molecular weight is 592 g/mol. The molecule has 0 spiro atoms. The summed E-state index contributed by atoms with van der Waals surface area (Å²) in [5, 5.41) is 9.06. The Bertz CT molecular complexity index is 1360. The van der Waals surface area contributed by atoms with Gasteiger partial charge in [-0.1, -0.05) is 26.8 Å². The van der Waals surface area contributed by atoms with Crippen LogP contribution in [0.3, 0.4) is 0 Å². The van der Waals surface area contributed by atoms with Gasteiger partial charge >= 0.3 is 18.1 Å². The number of carbonyl (C=O) groups is 2. The van der Waals surface area contributed by atoms with Crippen molar-refractivity contribution in [1.82, 2.24) is 0 Å². The summed E-state index contributed by atoms with van der Waals surface area (Å²) in [4.78, 5) is 23.2. The molecule has 1 heterocycles. The monoisotopic (exact) mass is 591 g/mol. The third kappa shape index (κ3) is 7.14. The summed E-state index contributed by atoms with van der Waals surface area (Å²) in [5.41, 5.74) is -1.32. The third-order valence-corrected chi connectivity index (χ3v) is 7.80.